The van der Waals surface area contributed by atoms with E-state index in [1.54, 1.807) is 12.1 Å². The summed E-state index contributed by atoms with van der Waals surface area (Å²) >= 11 is 0. The van der Waals surface area contributed by atoms with Crippen LogP contribution in [0.5, 0.6) is 0 Å². The molecule has 3 rings (SSSR count). The third-order valence-electron chi connectivity index (χ3n) is 3.77. The third kappa shape index (κ3) is 2.16. The van der Waals surface area contributed by atoms with Gasteiger partial charge in [-0.1, -0.05) is 12.1 Å². The maximum absolute atomic E-state index is 13.5. The van der Waals surface area contributed by atoms with Crippen molar-refractivity contribution < 1.29 is 4.39 Å². The molecule has 3 nitrogen and oxygen atoms in total. The molecule has 100 valence electrons. The molecule has 0 bridgehead atoms. The maximum Gasteiger partial charge on any atom is 0.123 e. The van der Waals surface area contributed by atoms with Crippen molar-refractivity contribution in [2.45, 2.75) is 25.8 Å². The number of aromatic nitrogens is 2. The Morgan fingerprint density at radius 1 is 1.42 bits per heavy atom. The fourth-order valence-corrected chi connectivity index (χ4v) is 2.99. The summed E-state index contributed by atoms with van der Waals surface area (Å²) in [6, 6.07) is 7.09. The van der Waals surface area contributed by atoms with Crippen molar-refractivity contribution in [2.75, 3.05) is 6.54 Å². The van der Waals surface area contributed by atoms with Crippen LogP contribution in [-0.2, 0) is 7.05 Å². The number of nitrogens with zero attached hydrogens (tertiary/aromatic N) is 2. The van der Waals surface area contributed by atoms with Gasteiger partial charge in [-0.2, -0.15) is 5.10 Å². The minimum atomic E-state index is -0.203. The summed E-state index contributed by atoms with van der Waals surface area (Å²) in [6.45, 7) is 3.02. The second kappa shape index (κ2) is 4.78. The number of rotatable bonds is 2. The monoisotopic (exact) mass is 259 g/mol. The minimum absolute atomic E-state index is 0.203. The smallest absolute Gasteiger partial charge is 0.123 e. The van der Waals surface area contributed by atoms with Crippen LogP contribution in [0.3, 0.4) is 0 Å². The molecule has 2 aromatic rings. The van der Waals surface area contributed by atoms with Gasteiger partial charge in [0, 0.05) is 18.7 Å². The van der Waals surface area contributed by atoms with Gasteiger partial charge in [0.25, 0.3) is 0 Å². The van der Waals surface area contributed by atoms with E-state index in [0.717, 1.165) is 29.8 Å². The molecule has 1 unspecified atom stereocenters. The molecule has 1 aromatic carbocycles. The van der Waals surface area contributed by atoms with Gasteiger partial charge in [0.2, 0.25) is 0 Å². The first-order valence-corrected chi connectivity index (χ1v) is 6.69. The Kier molecular flexibility index (Phi) is 3.11. The van der Waals surface area contributed by atoms with Crippen LogP contribution >= 0.6 is 0 Å². The fraction of sp³-hybridized carbons (Fsp3) is 0.400. The van der Waals surface area contributed by atoms with Crippen LogP contribution in [0.25, 0.3) is 11.1 Å². The Labute approximate surface area is 112 Å². The zero-order valence-corrected chi connectivity index (χ0v) is 11.3. The Bertz CT molecular complexity index is 597. The summed E-state index contributed by atoms with van der Waals surface area (Å²) in [5.74, 6) is -0.203. The summed E-state index contributed by atoms with van der Waals surface area (Å²) in [5, 5.41) is 8.01. The Hall–Kier alpha value is -1.68. The van der Waals surface area contributed by atoms with Crippen molar-refractivity contribution in [3.05, 3.63) is 41.5 Å². The molecule has 0 spiro atoms. The van der Waals surface area contributed by atoms with Crippen molar-refractivity contribution in [3.63, 3.8) is 0 Å². The van der Waals surface area contributed by atoms with Crippen molar-refractivity contribution >= 4 is 0 Å². The molecule has 0 aliphatic carbocycles. The quantitative estimate of drug-likeness (QED) is 0.898. The van der Waals surface area contributed by atoms with Crippen LogP contribution in [0.1, 0.15) is 30.3 Å². The topological polar surface area (TPSA) is 29.9 Å². The van der Waals surface area contributed by atoms with Crippen molar-refractivity contribution in [3.8, 4) is 11.1 Å². The van der Waals surface area contributed by atoms with Gasteiger partial charge in [-0.3, -0.25) is 4.68 Å². The van der Waals surface area contributed by atoms with E-state index < -0.39 is 0 Å². The van der Waals surface area contributed by atoms with E-state index in [9.17, 15) is 4.39 Å². The number of hydrogen-bond acceptors (Lipinski definition) is 2. The number of halogens is 1. The lowest BCUT2D eigenvalue weighted by atomic mass is 9.98. The molecule has 1 aliphatic heterocycles. The third-order valence-corrected chi connectivity index (χ3v) is 3.77. The Morgan fingerprint density at radius 3 is 2.95 bits per heavy atom. The molecule has 1 saturated heterocycles. The summed E-state index contributed by atoms with van der Waals surface area (Å²) in [4.78, 5) is 0. The number of nitrogens with one attached hydrogen (secondary N) is 1. The molecule has 0 amide bonds. The second-order valence-electron chi connectivity index (χ2n) is 5.13. The minimum Gasteiger partial charge on any atom is -0.309 e. The van der Waals surface area contributed by atoms with E-state index in [-0.39, 0.29) is 5.82 Å². The average Bonchev–Trinajstić information content (AvgIpc) is 2.96. The summed E-state index contributed by atoms with van der Waals surface area (Å²) in [5.41, 5.74) is 4.10. The summed E-state index contributed by atoms with van der Waals surface area (Å²) in [6.07, 6.45) is 2.29. The number of aryl methyl sites for hydroxylation is 2. The Balaban J connectivity index is 2.14. The first kappa shape index (κ1) is 12.4. The zero-order valence-electron chi connectivity index (χ0n) is 11.3. The van der Waals surface area contributed by atoms with Crippen LogP contribution in [0, 0.1) is 12.7 Å². The van der Waals surface area contributed by atoms with Gasteiger partial charge in [-0.15, -0.1) is 0 Å². The zero-order chi connectivity index (χ0) is 13.4. The molecule has 2 heterocycles. The van der Waals surface area contributed by atoms with E-state index in [1.165, 1.54) is 18.2 Å². The standard InChI is InChI=1S/C15H18FN3/c1-10-14(11-5-3-6-12(16)9-11)15(19(2)18-10)13-7-4-8-17-13/h3,5-6,9,13,17H,4,7-8H2,1-2H3. The molecule has 1 fully saturated rings. The van der Waals surface area contributed by atoms with E-state index in [0.29, 0.717) is 6.04 Å². The van der Waals surface area contributed by atoms with Crippen LogP contribution in [0.2, 0.25) is 0 Å². The number of hydrogen-bond donors (Lipinski definition) is 1. The van der Waals surface area contributed by atoms with Crippen molar-refractivity contribution in [1.82, 2.24) is 15.1 Å². The lowest BCUT2D eigenvalue weighted by molar-refractivity contribution is 0.574. The first-order valence-electron chi connectivity index (χ1n) is 6.69. The molecule has 4 heteroatoms. The van der Waals surface area contributed by atoms with Gasteiger partial charge >= 0.3 is 0 Å². The predicted octanol–water partition coefficient (Wildman–Crippen LogP) is 2.96. The van der Waals surface area contributed by atoms with Crippen molar-refractivity contribution in [1.29, 1.82) is 0 Å². The maximum atomic E-state index is 13.5. The van der Waals surface area contributed by atoms with Gasteiger partial charge in [0.05, 0.1) is 11.4 Å². The summed E-state index contributed by atoms with van der Waals surface area (Å²) in [7, 11) is 1.96. The highest BCUT2D eigenvalue weighted by Gasteiger charge is 2.25. The molecule has 0 saturated carbocycles. The van der Waals surface area contributed by atoms with Gasteiger partial charge in [-0.05, 0) is 44.0 Å². The van der Waals surface area contributed by atoms with Gasteiger partial charge in [0.15, 0.2) is 0 Å². The largest absolute Gasteiger partial charge is 0.309 e. The molecule has 1 atom stereocenters. The molecule has 1 aliphatic rings. The fourth-order valence-electron chi connectivity index (χ4n) is 2.99. The van der Waals surface area contributed by atoms with Gasteiger partial charge in [-0.25, -0.2) is 4.39 Å². The van der Waals surface area contributed by atoms with Gasteiger partial charge in [0.1, 0.15) is 5.82 Å². The van der Waals surface area contributed by atoms with Crippen LogP contribution in [-0.4, -0.2) is 16.3 Å². The van der Waals surface area contributed by atoms with Crippen molar-refractivity contribution in [2.24, 2.45) is 7.05 Å². The van der Waals surface area contributed by atoms with Crippen LogP contribution < -0.4 is 5.32 Å². The molecular formula is C15H18FN3. The van der Waals surface area contributed by atoms with E-state index in [2.05, 4.69) is 10.4 Å². The van der Waals surface area contributed by atoms with Crippen LogP contribution in [0.15, 0.2) is 24.3 Å². The molecule has 1 N–H and O–H groups in total. The van der Waals surface area contributed by atoms with E-state index >= 15 is 0 Å². The molecule has 0 radical (unpaired) electrons. The molecule has 19 heavy (non-hydrogen) atoms. The highest BCUT2D eigenvalue weighted by Crippen LogP contribution is 2.34. The Morgan fingerprint density at radius 2 is 2.26 bits per heavy atom. The predicted molar refractivity (Wildman–Crippen MR) is 73.3 cm³/mol. The lowest BCUT2D eigenvalue weighted by Crippen LogP contribution is -2.17. The van der Waals surface area contributed by atoms with Gasteiger partial charge < -0.3 is 5.32 Å². The lowest BCUT2D eigenvalue weighted by Gasteiger charge is -2.14. The normalized spacial score (nSPS) is 19.0. The van der Waals surface area contributed by atoms with E-state index in [4.69, 9.17) is 0 Å². The highest BCUT2D eigenvalue weighted by atomic mass is 19.1. The molecular weight excluding hydrogens is 241 g/mol. The SMILES string of the molecule is Cc1nn(C)c(C2CCCN2)c1-c1cccc(F)c1. The molecule has 1 aromatic heterocycles. The first-order chi connectivity index (χ1) is 9.16. The van der Waals surface area contributed by atoms with Crippen LogP contribution in [0.4, 0.5) is 4.39 Å². The summed E-state index contributed by atoms with van der Waals surface area (Å²) < 4.78 is 15.4. The number of benzene rings is 1. The average molecular weight is 259 g/mol. The highest BCUT2D eigenvalue weighted by molar-refractivity contribution is 5.69. The van der Waals surface area contributed by atoms with E-state index in [1.807, 2.05) is 24.7 Å². The second-order valence-corrected chi connectivity index (χ2v) is 5.13.